The minimum absolute atomic E-state index is 0.143. The summed E-state index contributed by atoms with van der Waals surface area (Å²) in [5.74, 6) is -2.90. The molecule has 0 amide bonds. The molecule has 0 saturated carbocycles. The minimum Gasteiger partial charge on any atom is -0.400 e. The van der Waals surface area contributed by atoms with Gasteiger partial charge in [0.2, 0.25) is 0 Å². The lowest BCUT2D eigenvalue weighted by atomic mass is 10.1. The second kappa shape index (κ2) is 4.95. The third kappa shape index (κ3) is 3.27. The molecule has 0 aromatic carbocycles. The van der Waals surface area contributed by atoms with Crippen LogP contribution in [0.15, 0.2) is 6.20 Å². The van der Waals surface area contributed by atoms with Crippen molar-refractivity contribution in [3.05, 3.63) is 23.3 Å². The highest BCUT2D eigenvalue weighted by Gasteiger charge is 2.34. The largest absolute Gasteiger partial charge is 0.573 e. The van der Waals surface area contributed by atoms with Crippen LogP contribution in [0.5, 0.6) is 5.75 Å². The Balaban J connectivity index is 3.26. The summed E-state index contributed by atoms with van der Waals surface area (Å²) in [6, 6.07) is 1.60. The van der Waals surface area contributed by atoms with Crippen LogP contribution in [0, 0.1) is 17.3 Å². The van der Waals surface area contributed by atoms with Crippen molar-refractivity contribution in [2.75, 3.05) is 0 Å². The van der Waals surface area contributed by atoms with Gasteiger partial charge in [-0.05, 0) is 5.56 Å². The van der Waals surface area contributed by atoms with Gasteiger partial charge in [-0.3, -0.25) is 0 Å². The fourth-order valence-corrected chi connectivity index (χ4v) is 1.14. The lowest BCUT2D eigenvalue weighted by Gasteiger charge is -2.13. The van der Waals surface area contributed by atoms with Gasteiger partial charge in [-0.15, -0.1) is 13.2 Å². The van der Waals surface area contributed by atoms with Gasteiger partial charge in [0, 0.05) is 11.8 Å². The fourth-order valence-electron chi connectivity index (χ4n) is 1.14. The van der Waals surface area contributed by atoms with Gasteiger partial charge in [0.05, 0.1) is 12.5 Å². The molecule has 1 aromatic heterocycles. The molecule has 0 fully saturated rings. The number of rotatable bonds is 3. The zero-order valence-corrected chi connectivity index (χ0v) is 8.18. The molecule has 0 atom stereocenters. The third-order valence-electron chi connectivity index (χ3n) is 1.80. The van der Waals surface area contributed by atoms with Gasteiger partial charge in [-0.1, -0.05) is 0 Å². The lowest BCUT2D eigenvalue weighted by Crippen LogP contribution is -2.20. The Morgan fingerprint density at radius 3 is 2.53 bits per heavy atom. The van der Waals surface area contributed by atoms with Crippen LogP contribution in [0.1, 0.15) is 11.1 Å². The molecule has 1 rings (SSSR count). The van der Waals surface area contributed by atoms with Crippen molar-refractivity contribution in [2.24, 2.45) is 0 Å². The van der Waals surface area contributed by atoms with Crippen molar-refractivity contribution in [1.82, 2.24) is 4.98 Å². The summed E-state index contributed by atoms with van der Waals surface area (Å²) in [4.78, 5) is 2.98. The zero-order valence-electron chi connectivity index (χ0n) is 8.18. The number of ether oxygens (including phenoxy) is 1. The second-order valence-corrected chi connectivity index (χ2v) is 2.90. The number of aromatic nitrogens is 1. The number of pyridine rings is 1. The Bertz CT molecular complexity index is 452. The normalized spacial score (nSPS) is 11.1. The molecule has 0 saturated heterocycles. The average Bonchev–Trinajstić information content (AvgIpc) is 2.22. The van der Waals surface area contributed by atoms with Crippen LogP contribution in [-0.2, 0) is 13.1 Å². The number of nitriles is 1. The molecule has 0 unspecified atom stereocenters. The van der Waals surface area contributed by atoms with Gasteiger partial charge in [-0.25, -0.2) is 9.37 Å². The van der Waals surface area contributed by atoms with E-state index in [0.29, 0.717) is 0 Å². The number of nitrogens with zero attached hydrogens (tertiary/aromatic N) is 2. The van der Waals surface area contributed by atoms with E-state index in [1.807, 2.05) is 0 Å². The standard InChI is InChI=1S/C9H5F5N2O/c10-3-6-5(1-2-15)4-16-8(11)7(6)17-9(12,13)14/h4H,1,3H2. The van der Waals surface area contributed by atoms with E-state index >= 15 is 0 Å². The van der Waals surface area contributed by atoms with Crippen LogP contribution in [0.3, 0.4) is 0 Å². The van der Waals surface area contributed by atoms with Gasteiger partial charge in [-0.2, -0.15) is 9.65 Å². The van der Waals surface area contributed by atoms with E-state index in [4.69, 9.17) is 5.26 Å². The van der Waals surface area contributed by atoms with Crippen LogP contribution < -0.4 is 4.74 Å². The van der Waals surface area contributed by atoms with Crippen LogP contribution in [-0.4, -0.2) is 11.3 Å². The maximum absolute atomic E-state index is 13.0. The first-order valence-electron chi connectivity index (χ1n) is 4.24. The number of hydrogen-bond donors (Lipinski definition) is 0. The van der Waals surface area contributed by atoms with Crippen LogP contribution >= 0.6 is 0 Å². The van der Waals surface area contributed by atoms with E-state index < -0.39 is 30.3 Å². The van der Waals surface area contributed by atoms with Crippen molar-refractivity contribution >= 4 is 0 Å². The first-order chi connectivity index (χ1) is 7.89. The molecular formula is C9H5F5N2O. The van der Waals surface area contributed by atoms with Crippen LogP contribution in [0.25, 0.3) is 0 Å². The highest BCUT2D eigenvalue weighted by Crippen LogP contribution is 2.31. The molecule has 0 spiro atoms. The van der Waals surface area contributed by atoms with Gasteiger partial charge >= 0.3 is 6.36 Å². The highest BCUT2D eigenvalue weighted by atomic mass is 19.4. The number of hydrogen-bond acceptors (Lipinski definition) is 3. The van der Waals surface area contributed by atoms with E-state index in [-0.39, 0.29) is 12.0 Å². The molecular weight excluding hydrogens is 247 g/mol. The van der Waals surface area contributed by atoms with Crippen molar-refractivity contribution in [1.29, 1.82) is 5.26 Å². The van der Waals surface area contributed by atoms with E-state index in [2.05, 4.69) is 9.72 Å². The lowest BCUT2D eigenvalue weighted by molar-refractivity contribution is -0.276. The van der Waals surface area contributed by atoms with Crippen LogP contribution in [0.4, 0.5) is 22.0 Å². The van der Waals surface area contributed by atoms with Gasteiger partial charge < -0.3 is 4.74 Å². The predicted octanol–water partition coefficient (Wildman–Crippen LogP) is 2.65. The molecule has 1 heterocycles. The van der Waals surface area contributed by atoms with E-state index in [0.717, 1.165) is 6.20 Å². The maximum atomic E-state index is 13.0. The van der Waals surface area contributed by atoms with Gasteiger partial charge in [0.15, 0.2) is 5.75 Å². The fraction of sp³-hybridized carbons (Fsp3) is 0.333. The molecule has 92 valence electrons. The Labute approximate surface area is 92.4 Å². The maximum Gasteiger partial charge on any atom is 0.573 e. The molecule has 0 radical (unpaired) electrons. The topological polar surface area (TPSA) is 45.9 Å². The second-order valence-electron chi connectivity index (χ2n) is 2.90. The molecule has 0 aliphatic heterocycles. The number of halogens is 5. The van der Waals surface area contributed by atoms with E-state index in [1.165, 1.54) is 0 Å². The summed E-state index contributed by atoms with van der Waals surface area (Å²) in [6.07, 6.45) is -4.74. The highest BCUT2D eigenvalue weighted by molar-refractivity contribution is 5.39. The van der Waals surface area contributed by atoms with Crippen molar-refractivity contribution in [2.45, 2.75) is 19.5 Å². The van der Waals surface area contributed by atoms with Crippen molar-refractivity contribution < 1.29 is 26.7 Å². The molecule has 0 bridgehead atoms. The average molecular weight is 252 g/mol. The van der Waals surface area contributed by atoms with Crippen LogP contribution in [0.2, 0.25) is 0 Å². The minimum atomic E-state index is -5.16. The summed E-state index contributed by atoms with van der Waals surface area (Å²) >= 11 is 0. The molecule has 17 heavy (non-hydrogen) atoms. The SMILES string of the molecule is N#CCc1cnc(F)c(OC(F)(F)F)c1CF. The molecule has 3 nitrogen and oxygen atoms in total. The van der Waals surface area contributed by atoms with Crippen molar-refractivity contribution in [3.63, 3.8) is 0 Å². The summed E-state index contributed by atoms with van der Waals surface area (Å²) in [5.41, 5.74) is -0.799. The molecule has 0 aliphatic rings. The van der Waals surface area contributed by atoms with Crippen molar-refractivity contribution in [3.8, 4) is 11.8 Å². The predicted molar refractivity (Wildman–Crippen MR) is 45.0 cm³/mol. The molecule has 8 heteroatoms. The third-order valence-corrected chi connectivity index (χ3v) is 1.80. The van der Waals surface area contributed by atoms with Gasteiger partial charge in [0.25, 0.3) is 5.95 Å². The smallest absolute Gasteiger partial charge is 0.400 e. The Morgan fingerprint density at radius 1 is 1.41 bits per heavy atom. The Morgan fingerprint density at radius 2 is 2.06 bits per heavy atom. The quantitative estimate of drug-likeness (QED) is 0.613. The Hall–Kier alpha value is -1.91. The van der Waals surface area contributed by atoms with E-state index in [1.54, 1.807) is 6.07 Å². The first kappa shape index (κ1) is 13.2. The monoisotopic (exact) mass is 252 g/mol. The number of alkyl halides is 4. The van der Waals surface area contributed by atoms with E-state index in [9.17, 15) is 22.0 Å². The summed E-state index contributed by atoms with van der Waals surface area (Å²) in [6.45, 7) is -1.39. The first-order valence-corrected chi connectivity index (χ1v) is 4.24. The molecule has 0 aliphatic carbocycles. The van der Waals surface area contributed by atoms with Gasteiger partial charge in [0.1, 0.15) is 6.67 Å². The summed E-state index contributed by atoms with van der Waals surface area (Å²) in [7, 11) is 0. The summed E-state index contributed by atoms with van der Waals surface area (Å²) in [5, 5.41) is 8.38. The molecule has 0 N–H and O–H groups in total. The Kier molecular flexibility index (Phi) is 3.83. The summed E-state index contributed by atoms with van der Waals surface area (Å²) < 4.78 is 64.8. The molecule has 1 aromatic rings. The zero-order chi connectivity index (χ0) is 13.1.